The van der Waals surface area contributed by atoms with Crippen LogP contribution in [-0.4, -0.2) is 38.4 Å². The lowest BCUT2D eigenvalue weighted by Crippen LogP contribution is -2.41. The number of benzene rings is 3. The van der Waals surface area contributed by atoms with Crippen LogP contribution in [0, 0.1) is 6.92 Å². The Balaban J connectivity index is 1.39. The molecule has 3 aromatic carbocycles. The van der Waals surface area contributed by atoms with Gasteiger partial charge in [-0.2, -0.15) is 0 Å². The standard InChI is InChI=1S/C26H23N3O4S/c1-18-6-9-21(16-24(18)25-23-5-3-2-4-19(23)12-13-27-25)28-26(30)20-7-10-22(11-8-20)29-17-33-14-15-34(29,31)32/h2-13,16H,14-15,17H2,1H3,(H,28,30). The third kappa shape index (κ3) is 4.25. The summed E-state index contributed by atoms with van der Waals surface area (Å²) in [6.07, 6.45) is 1.79. The van der Waals surface area contributed by atoms with Crippen LogP contribution in [0.3, 0.4) is 0 Å². The molecule has 1 aliphatic rings. The van der Waals surface area contributed by atoms with Crippen LogP contribution in [0.5, 0.6) is 0 Å². The highest BCUT2D eigenvalue weighted by molar-refractivity contribution is 7.92. The van der Waals surface area contributed by atoms with Gasteiger partial charge in [0.25, 0.3) is 5.91 Å². The second-order valence-electron chi connectivity index (χ2n) is 8.11. The number of hydrogen-bond donors (Lipinski definition) is 1. The van der Waals surface area contributed by atoms with E-state index < -0.39 is 10.0 Å². The fraction of sp³-hybridized carbons (Fsp3) is 0.154. The van der Waals surface area contributed by atoms with Crippen molar-refractivity contribution in [1.82, 2.24) is 4.98 Å². The topological polar surface area (TPSA) is 88.6 Å². The van der Waals surface area contributed by atoms with Gasteiger partial charge in [0, 0.05) is 28.4 Å². The fourth-order valence-electron chi connectivity index (χ4n) is 4.01. The number of nitrogens with one attached hydrogen (secondary N) is 1. The Morgan fingerprint density at radius 1 is 1.03 bits per heavy atom. The summed E-state index contributed by atoms with van der Waals surface area (Å²) in [4.78, 5) is 17.5. The van der Waals surface area contributed by atoms with Crippen molar-refractivity contribution in [2.45, 2.75) is 6.92 Å². The van der Waals surface area contributed by atoms with Crippen molar-refractivity contribution in [3.05, 3.63) is 90.1 Å². The van der Waals surface area contributed by atoms with Gasteiger partial charge in [-0.1, -0.05) is 30.3 Å². The molecule has 1 aliphatic heterocycles. The molecule has 8 heteroatoms. The predicted molar refractivity (Wildman–Crippen MR) is 133 cm³/mol. The lowest BCUT2D eigenvalue weighted by molar-refractivity contribution is 0.102. The molecule has 1 amide bonds. The van der Waals surface area contributed by atoms with E-state index in [9.17, 15) is 13.2 Å². The molecule has 7 nitrogen and oxygen atoms in total. The highest BCUT2D eigenvalue weighted by Crippen LogP contribution is 2.31. The van der Waals surface area contributed by atoms with Gasteiger partial charge in [0.1, 0.15) is 6.73 Å². The predicted octanol–water partition coefficient (Wildman–Crippen LogP) is 4.59. The van der Waals surface area contributed by atoms with Crippen LogP contribution < -0.4 is 9.62 Å². The van der Waals surface area contributed by atoms with Crippen LogP contribution in [0.15, 0.2) is 79.0 Å². The largest absolute Gasteiger partial charge is 0.359 e. The van der Waals surface area contributed by atoms with Crippen molar-refractivity contribution in [1.29, 1.82) is 0 Å². The molecule has 1 fully saturated rings. The number of nitrogens with zero attached hydrogens (tertiary/aromatic N) is 2. The zero-order valence-corrected chi connectivity index (χ0v) is 19.4. The molecule has 2 heterocycles. The summed E-state index contributed by atoms with van der Waals surface area (Å²) >= 11 is 0. The first kappa shape index (κ1) is 22.1. The molecule has 0 atom stereocenters. The van der Waals surface area contributed by atoms with Gasteiger partial charge in [0.15, 0.2) is 0 Å². The second-order valence-corrected chi connectivity index (χ2v) is 10.1. The molecule has 0 bridgehead atoms. The number of pyridine rings is 1. The highest BCUT2D eigenvalue weighted by atomic mass is 32.2. The average Bonchev–Trinajstić information content (AvgIpc) is 2.85. The van der Waals surface area contributed by atoms with Crippen LogP contribution >= 0.6 is 0 Å². The molecular weight excluding hydrogens is 450 g/mol. The Labute approximate surface area is 198 Å². The Morgan fingerprint density at radius 3 is 2.62 bits per heavy atom. The van der Waals surface area contributed by atoms with Crippen molar-refractivity contribution in [3.63, 3.8) is 0 Å². The molecule has 0 aliphatic carbocycles. The molecule has 1 N–H and O–H groups in total. The Bertz CT molecular complexity index is 1480. The maximum absolute atomic E-state index is 12.9. The second kappa shape index (κ2) is 8.89. The number of anilines is 2. The van der Waals surface area contributed by atoms with Crippen LogP contribution in [0.1, 0.15) is 15.9 Å². The van der Waals surface area contributed by atoms with Gasteiger partial charge in [0.2, 0.25) is 10.0 Å². The first-order chi connectivity index (χ1) is 16.4. The fourth-order valence-corrected chi connectivity index (χ4v) is 5.24. The SMILES string of the molecule is Cc1ccc(NC(=O)c2ccc(N3COCCS3(=O)=O)cc2)cc1-c1nccc2ccccc12. The van der Waals surface area contributed by atoms with E-state index in [2.05, 4.69) is 10.3 Å². The smallest absolute Gasteiger partial charge is 0.255 e. The average molecular weight is 474 g/mol. The van der Waals surface area contributed by atoms with Crippen molar-refractivity contribution >= 4 is 38.1 Å². The Hall–Kier alpha value is -3.75. The number of hydrogen-bond acceptors (Lipinski definition) is 5. The molecule has 4 aromatic rings. The third-order valence-corrected chi connectivity index (χ3v) is 7.54. The van der Waals surface area contributed by atoms with E-state index in [-0.39, 0.29) is 25.0 Å². The summed E-state index contributed by atoms with van der Waals surface area (Å²) in [5.41, 5.74) is 4.40. The molecule has 0 unspecified atom stereocenters. The van der Waals surface area contributed by atoms with Crippen LogP contribution in [0.25, 0.3) is 22.0 Å². The number of ether oxygens (including phenoxy) is 1. The maximum atomic E-state index is 12.9. The van der Waals surface area contributed by atoms with E-state index in [4.69, 9.17) is 4.74 Å². The highest BCUT2D eigenvalue weighted by Gasteiger charge is 2.26. The summed E-state index contributed by atoms with van der Waals surface area (Å²) in [7, 11) is -3.41. The summed E-state index contributed by atoms with van der Waals surface area (Å²) in [6.45, 7) is 2.18. The number of aromatic nitrogens is 1. The van der Waals surface area contributed by atoms with Gasteiger partial charge in [-0.15, -0.1) is 0 Å². The number of fused-ring (bicyclic) bond motifs is 1. The lowest BCUT2D eigenvalue weighted by atomic mass is 9.99. The molecule has 0 radical (unpaired) electrons. The number of carbonyl (C=O) groups is 1. The molecule has 5 rings (SSSR count). The van der Waals surface area contributed by atoms with Crippen molar-refractivity contribution < 1.29 is 17.9 Å². The first-order valence-electron chi connectivity index (χ1n) is 10.9. The minimum Gasteiger partial charge on any atom is -0.359 e. The molecular formula is C26H23N3O4S. The van der Waals surface area contributed by atoms with E-state index >= 15 is 0 Å². The molecule has 172 valence electrons. The zero-order chi connectivity index (χ0) is 23.7. The van der Waals surface area contributed by atoms with E-state index in [0.717, 1.165) is 27.6 Å². The summed E-state index contributed by atoms with van der Waals surface area (Å²) in [5, 5.41) is 5.08. The molecule has 34 heavy (non-hydrogen) atoms. The maximum Gasteiger partial charge on any atom is 0.255 e. The minimum atomic E-state index is -3.41. The summed E-state index contributed by atoms with van der Waals surface area (Å²) in [5.74, 6) is -0.346. The molecule has 1 saturated heterocycles. The number of amides is 1. The van der Waals surface area contributed by atoms with Gasteiger partial charge in [0.05, 0.1) is 23.7 Å². The van der Waals surface area contributed by atoms with Gasteiger partial charge < -0.3 is 10.1 Å². The normalized spacial score (nSPS) is 15.3. The Morgan fingerprint density at radius 2 is 1.82 bits per heavy atom. The van der Waals surface area contributed by atoms with E-state index in [1.807, 2.05) is 55.5 Å². The van der Waals surface area contributed by atoms with Crippen LogP contribution in [-0.2, 0) is 14.8 Å². The zero-order valence-electron chi connectivity index (χ0n) is 18.6. The van der Waals surface area contributed by atoms with Gasteiger partial charge in [-0.25, -0.2) is 12.7 Å². The van der Waals surface area contributed by atoms with Crippen LogP contribution in [0.2, 0.25) is 0 Å². The Kier molecular flexibility index (Phi) is 5.77. The van der Waals surface area contributed by atoms with E-state index in [1.165, 1.54) is 4.31 Å². The number of rotatable bonds is 4. The number of sulfonamides is 1. The number of aryl methyl sites for hydroxylation is 1. The van der Waals surface area contributed by atoms with Crippen LogP contribution in [0.4, 0.5) is 11.4 Å². The van der Waals surface area contributed by atoms with Crippen molar-refractivity contribution in [2.24, 2.45) is 0 Å². The van der Waals surface area contributed by atoms with Gasteiger partial charge >= 0.3 is 0 Å². The van der Waals surface area contributed by atoms with E-state index in [0.29, 0.717) is 16.9 Å². The minimum absolute atomic E-state index is 0.0256. The quantitative estimate of drug-likeness (QED) is 0.469. The monoisotopic (exact) mass is 473 g/mol. The lowest BCUT2D eigenvalue weighted by Gasteiger charge is -2.28. The first-order valence-corrected chi connectivity index (χ1v) is 12.5. The van der Waals surface area contributed by atoms with Crippen molar-refractivity contribution in [3.8, 4) is 11.3 Å². The third-order valence-electron chi connectivity index (χ3n) is 5.87. The number of carbonyl (C=O) groups excluding carboxylic acids is 1. The molecule has 0 saturated carbocycles. The molecule has 1 aromatic heterocycles. The van der Waals surface area contributed by atoms with Gasteiger partial charge in [-0.05, 0) is 60.3 Å². The summed E-state index contributed by atoms with van der Waals surface area (Å²) < 4.78 is 31.0. The van der Waals surface area contributed by atoms with E-state index in [1.54, 1.807) is 30.5 Å². The molecule has 0 spiro atoms. The van der Waals surface area contributed by atoms with Gasteiger partial charge in [-0.3, -0.25) is 9.78 Å². The summed E-state index contributed by atoms with van der Waals surface area (Å²) in [6, 6.07) is 22.2. The van der Waals surface area contributed by atoms with Crippen molar-refractivity contribution in [2.75, 3.05) is 28.7 Å².